The van der Waals surface area contributed by atoms with Crippen molar-refractivity contribution in [3.8, 4) is 11.8 Å². The first-order chi connectivity index (χ1) is 45.4. The number of rotatable bonds is 17. The van der Waals surface area contributed by atoms with Gasteiger partial charge in [-0.05, 0) is 150 Å². The molecule has 28 nitrogen and oxygen atoms in total. The summed E-state index contributed by atoms with van der Waals surface area (Å²) in [6.07, 6.45) is 14.0. The third kappa shape index (κ3) is 18.4. The molecule has 3 aliphatic heterocycles. The Balaban J connectivity index is 1.14. The predicted octanol–water partition coefficient (Wildman–Crippen LogP) is 7.64. The second-order valence-corrected chi connectivity index (χ2v) is 32.2. The fourth-order valence-electron chi connectivity index (χ4n) is 13.1. The van der Waals surface area contributed by atoms with E-state index < -0.39 is 122 Å². The second-order valence-electron chi connectivity index (χ2n) is 25.0. The molecule has 0 bridgehead atoms. The number of hydrogen-bond acceptors (Lipinski definition) is 18. The molecule has 0 spiro atoms. The molecule has 0 saturated carbocycles. The zero-order chi connectivity index (χ0) is 71.1. The van der Waals surface area contributed by atoms with Gasteiger partial charge in [-0.25, -0.2) is 4.79 Å². The standard InChI is InChI=1S/C64H80N6O22S5/c1-63(2)53-21-8-4-9-22-54-64(3,61-47-39-43(95(83,84)85)41-52(97(89,90)91)45(47)27-29-50(61)69(54)36-18-19-37-93(77,78)79)32-14-5-10-23-55(71)65-33-16-13-20-48(62(76)66-34-15-6-12-25-59(75)92-70-57(73)30-31-58(70)74)67-56(72)24-11-7-17-35-68(53)49-28-26-44-46(60(49)63)38-42(94(80,81)82)40-51(44)96(86,87)88/h4,8-9,21-22,26-31,38-41,48H,5-7,10-20,23-25,32-37H2,1-3H3,(H9-,65,66,67,71,72,73,74,76,77,78,79,80,81,82,83,84,85,86,87,88,89,90,91)/p+1. The van der Waals surface area contributed by atoms with Crippen molar-refractivity contribution < 1.29 is 104 Å². The lowest BCUT2D eigenvalue weighted by Crippen LogP contribution is -2.47. The molecule has 10 N–H and O–H groups in total. The Hall–Kier alpha value is -7.60. The first-order valence-electron chi connectivity index (χ1n) is 31.6. The quantitative estimate of drug-likeness (QED) is 0.0243. The molecule has 0 aliphatic carbocycles. The molecule has 2 atom stereocenters. The summed E-state index contributed by atoms with van der Waals surface area (Å²) in [5.41, 5.74) is 0.692. The lowest BCUT2D eigenvalue weighted by molar-refractivity contribution is -0.438. The van der Waals surface area contributed by atoms with Crippen LogP contribution in [0.1, 0.15) is 147 Å². The van der Waals surface area contributed by atoms with Crippen LogP contribution in [0.2, 0.25) is 0 Å². The minimum absolute atomic E-state index is 0.00232. The van der Waals surface area contributed by atoms with E-state index in [9.17, 15) is 94.2 Å². The van der Waals surface area contributed by atoms with Gasteiger partial charge in [0.15, 0.2) is 5.71 Å². The highest BCUT2D eigenvalue weighted by molar-refractivity contribution is 7.87. The number of carbonyl (C=O) groups is 4. The summed E-state index contributed by atoms with van der Waals surface area (Å²) in [6, 6.07) is 10.9. The third-order valence-electron chi connectivity index (χ3n) is 17.7. The summed E-state index contributed by atoms with van der Waals surface area (Å²) in [5.74, 6) is -3.30. The number of aromatic nitrogens is 1. The van der Waals surface area contributed by atoms with Crippen LogP contribution in [0.25, 0.3) is 21.5 Å². The van der Waals surface area contributed by atoms with Crippen LogP contribution in [-0.2, 0) is 80.6 Å². The number of fused-ring (bicyclic) bond motifs is 9. The van der Waals surface area contributed by atoms with Crippen LogP contribution in [0.5, 0.6) is 11.8 Å². The first-order valence-corrected chi connectivity index (χ1v) is 39.0. The topological polar surface area (TPSA) is 437 Å². The maximum Gasteiger partial charge on any atom is 0.333 e. The monoisotopic (exact) mass is 1450 g/mol. The number of nitrogens with one attached hydrogen (secondary N) is 3. The number of aromatic hydroxyl groups is 2. The third-order valence-corrected chi connectivity index (χ3v) is 21.9. The molecule has 4 aromatic carbocycles. The normalized spacial score (nSPS) is 19.2. The minimum Gasteiger partial charge on any atom is -0.492 e. The average molecular weight is 1450 g/mol. The Kier molecular flexibility index (Phi) is 23.8. The van der Waals surface area contributed by atoms with E-state index in [1.807, 2.05) is 30.2 Å². The summed E-state index contributed by atoms with van der Waals surface area (Å²) in [6.45, 7) is 6.30. The molecule has 33 heteroatoms. The molecule has 8 rings (SSSR count). The van der Waals surface area contributed by atoms with E-state index in [4.69, 9.17) is 4.84 Å². The largest absolute Gasteiger partial charge is 0.492 e. The lowest BCUT2D eigenvalue weighted by atomic mass is 9.75. The van der Waals surface area contributed by atoms with Crippen molar-refractivity contribution in [3.05, 3.63) is 108 Å². The first kappa shape index (κ1) is 75.2. The van der Waals surface area contributed by atoms with E-state index in [1.165, 1.54) is 12.1 Å². The number of unbranched alkanes of at least 4 members (excludes halogenated alkanes) is 3. The van der Waals surface area contributed by atoms with Gasteiger partial charge in [-0.3, -0.25) is 37.1 Å². The van der Waals surface area contributed by atoms with Gasteiger partial charge in [0, 0.05) is 103 Å². The van der Waals surface area contributed by atoms with E-state index in [0.29, 0.717) is 121 Å². The maximum absolute atomic E-state index is 13.7. The number of allylic oxidation sites excluding steroid dienone is 6. The molecular weight excluding hydrogens is 1370 g/mol. The average Bonchev–Trinajstić information content (AvgIpc) is 1.60. The molecular formula is C64H81N6O22S5+. The van der Waals surface area contributed by atoms with E-state index in [-0.39, 0.29) is 98.6 Å². The number of amides is 3. The maximum atomic E-state index is 13.7. The Labute approximate surface area is 563 Å². The van der Waals surface area contributed by atoms with Gasteiger partial charge in [0.05, 0.1) is 21.0 Å². The summed E-state index contributed by atoms with van der Waals surface area (Å²) in [5, 5.41) is 28.2. The predicted molar refractivity (Wildman–Crippen MR) is 358 cm³/mol. The summed E-state index contributed by atoms with van der Waals surface area (Å²) in [4.78, 5) is 56.6. The minimum atomic E-state index is -5.15. The molecule has 1 aromatic heterocycles. The van der Waals surface area contributed by atoms with Crippen LogP contribution in [0.4, 0.5) is 11.4 Å². The lowest BCUT2D eigenvalue weighted by Gasteiger charge is -2.31. The van der Waals surface area contributed by atoms with Crippen LogP contribution in [0.15, 0.2) is 116 Å². The molecule has 0 radical (unpaired) electrons. The highest BCUT2D eigenvalue weighted by Gasteiger charge is 2.47. The number of anilines is 1. The van der Waals surface area contributed by atoms with Gasteiger partial charge in [0.1, 0.15) is 22.4 Å². The Morgan fingerprint density at radius 1 is 0.639 bits per heavy atom. The molecule has 2 unspecified atom stereocenters. The molecule has 0 saturated heterocycles. The van der Waals surface area contributed by atoms with Crippen LogP contribution >= 0.6 is 0 Å². The second kappa shape index (κ2) is 30.7. The van der Waals surface area contributed by atoms with Crippen molar-refractivity contribution >= 4 is 113 Å². The van der Waals surface area contributed by atoms with Gasteiger partial charge in [-0.15, -0.1) is 4.73 Å². The fraction of sp³-hybridized carbons (Fsp3) is 0.453. The van der Waals surface area contributed by atoms with E-state index >= 15 is 0 Å². The Morgan fingerprint density at radius 3 is 1.87 bits per heavy atom. The molecule has 3 aliphatic rings. The van der Waals surface area contributed by atoms with Crippen molar-refractivity contribution in [1.82, 2.24) is 20.7 Å². The number of hydrogen-bond donors (Lipinski definition) is 10. The number of nitrogens with zero attached hydrogens (tertiary/aromatic N) is 3. The highest BCUT2D eigenvalue weighted by Crippen LogP contribution is 2.55. The molecule has 5 aromatic rings. The van der Waals surface area contributed by atoms with Gasteiger partial charge in [0.2, 0.25) is 35.2 Å². The molecule has 4 heterocycles. The van der Waals surface area contributed by atoms with Crippen LogP contribution in [0, 0.1) is 0 Å². The zero-order valence-electron chi connectivity index (χ0n) is 53.6. The Morgan fingerprint density at radius 2 is 1.25 bits per heavy atom. The van der Waals surface area contributed by atoms with Gasteiger partial charge in [-0.2, -0.15) is 46.7 Å². The number of carbonyl (C=O) groups excluding carboxylic acids is 4. The molecule has 97 heavy (non-hydrogen) atoms. The van der Waals surface area contributed by atoms with Gasteiger partial charge < -0.3 is 35.9 Å². The SMILES string of the molecule is CC1(C)C2=[N+](CCCCCC(=O)NC(C(=O)NCCCCCC(=O)On3c(O)ccc3O)CCCCNC(=O)CCCCCC3(C)C(=CC=CC=C2)N(CCCCS(=O)(=O)O)c2ccc4c(S(=O)(=O)O)cc(S(=O)(=O)O)cc4c23)c2ccc3c(S(=O)(=O)O)cc(S(=O)(=O)O)cc3c21. The zero-order valence-corrected chi connectivity index (χ0v) is 57.7. The fourth-order valence-corrected chi connectivity index (χ4v) is 16.3. The van der Waals surface area contributed by atoms with E-state index in [1.54, 1.807) is 42.5 Å². The summed E-state index contributed by atoms with van der Waals surface area (Å²) >= 11 is 0. The van der Waals surface area contributed by atoms with Gasteiger partial charge in [0.25, 0.3) is 50.6 Å². The van der Waals surface area contributed by atoms with E-state index in [2.05, 4.69) is 16.0 Å². The highest BCUT2D eigenvalue weighted by atomic mass is 32.2. The van der Waals surface area contributed by atoms with Crippen LogP contribution in [0.3, 0.4) is 0 Å². The van der Waals surface area contributed by atoms with Crippen LogP contribution < -0.4 is 25.7 Å². The smallest absolute Gasteiger partial charge is 0.333 e. The molecule has 528 valence electrons. The summed E-state index contributed by atoms with van der Waals surface area (Å²) < 4.78 is 181. The van der Waals surface area contributed by atoms with Crippen LogP contribution in [-0.4, -0.2) is 152 Å². The molecule has 0 fully saturated rings. The van der Waals surface area contributed by atoms with Gasteiger partial charge in [-0.1, -0.05) is 43.6 Å². The van der Waals surface area contributed by atoms with Crippen molar-refractivity contribution in [2.45, 2.75) is 173 Å². The van der Waals surface area contributed by atoms with Crippen molar-refractivity contribution in [2.24, 2.45) is 0 Å². The Bertz CT molecular complexity index is 4600. The van der Waals surface area contributed by atoms with Crippen molar-refractivity contribution in [1.29, 1.82) is 0 Å². The van der Waals surface area contributed by atoms with Crippen molar-refractivity contribution in [2.75, 3.05) is 36.8 Å². The summed E-state index contributed by atoms with van der Waals surface area (Å²) in [7, 11) is -24.8. The van der Waals surface area contributed by atoms with Gasteiger partial charge >= 0.3 is 5.97 Å². The molecule has 3 amide bonds. The van der Waals surface area contributed by atoms with E-state index in [0.717, 1.165) is 24.3 Å². The van der Waals surface area contributed by atoms with Crippen molar-refractivity contribution in [3.63, 3.8) is 0 Å². The number of benzene rings is 4.